The molecule has 122 valence electrons. The molecule has 3 rings (SSSR count). The Morgan fingerprint density at radius 3 is 2.82 bits per heavy atom. The van der Waals surface area contributed by atoms with E-state index in [-0.39, 0.29) is 0 Å². The maximum absolute atomic E-state index is 5.43. The van der Waals surface area contributed by atoms with Gasteiger partial charge < -0.3 is 9.64 Å². The third kappa shape index (κ3) is 3.44. The van der Waals surface area contributed by atoms with Crippen LogP contribution in [0.15, 0.2) is 12.3 Å². The molecule has 0 N–H and O–H groups in total. The van der Waals surface area contributed by atoms with Crippen molar-refractivity contribution in [1.29, 1.82) is 0 Å². The third-order valence-electron chi connectivity index (χ3n) is 4.99. The summed E-state index contributed by atoms with van der Waals surface area (Å²) in [7, 11) is 0. The largest absolute Gasteiger partial charge is 0.378 e. The Bertz CT molecular complexity index is 485. The van der Waals surface area contributed by atoms with Crippen LogP contribution in [0.4, 0.5) is 5.82 Å². The first-order valence-electron chi connectivity index (χ1n) is 8.83. The number of likely N-dealkylation sites (tertiary alicyclic amines) is 1. The Hall–Kier alpha value is -1.13. The van der Waals surface area contributed by atoms with Crippen LogP contribution in [0.3, 0.4) is 0 Å². The van der Waals surface area contributed by atoms with Crippen molar-refractivity contribution in [2.75, 3.05) is 44.3 Å². The molecule has 0 bridgehead atoms. The van der Waals surface area contributed by atoms with E-state index in [1.807, 2.05) is 0 Å². The SMILES string of the molecule is CCCCN1CCCC1c1cnc(N2CCOCC2)cc1C. The zero-order valence-electron chi connectivity index (χ0n) is 14.1. The molecule has 1 unspecified atom stereocenters. The number of ether oxygens (including phenoxy) is 1. The van der Waals surface area contributed by atoms with E-state index in [2.05, 4.69) is 35.9 Å². The molecule has 2 aliphatic heterocycles. The van der Waals surface area contributed by atoms with Crippen LogP contribution in [0.2, 0.25) is 0 Å². The minimum Gasteiger partial charge on any atom is -0.378 e. The molecule has 3 heterocycles. The third-order valence-corrected chi connectivity index (χ3v) is 4.99. The molecule has 4 nitrogen and oxygen atoms in total. The summed E-state index contributed by atoms with van der Waals surface area (Å²) in [5, 5.41) is 0. The van der Waals surface area contributed by atoms with E-state index in [0.717, 1.165) is 32.1 Å². The van der Waals surface area contributed by atoms with Crippen LogP contribution in [0.25, 0.3) is 0 Å². The van der Waals surface area contributed by atoms with Gasteiger partial charge in [-0.25, -0.2) is 4.98 Å². The fraction of sp³-hybridized carbons (Fsp3) is 0.722. The van der Waals surface area contributed by atoms with Crippen LogP contribution in [0.5, 0.6) is 0 Å². The van der Waals surface area contributed by atoms with Crippen molar-refractivity contribution >= 4 is 5.82 Å². The van der Waals surface area contributed by atoms with Crippen LogP contribution in [0.1, 0.15) is 49.8 Å². The lowest BCUT2D eigenvalue weighted by Gasteiger charge is -2.30. The average molecular weight is 303 g/mol. The monoisotopic (exact) mass is 303 g/mol. The number of hydrogen-bond acceptors (Lipinski definition) is 4. The number of anilines is 1. The molecule has 0 amide bonds. The molecule has 1 atom stereocenters. The van der Waals surface area contributed by atoms with Gasteiger partial charge in [-0.15, -0.1) is 0 Å². The van der Waals surface area contributed by atoms with Crippen molar-refractivity contribution in [1.82, 2.24) is 9.88 Å². The standard InChI is InChI=1S/C18H29N3O/c1-3-4-7-20-8-5-6-17(20)16-14-19-18(13-15(16)2)21-9-11-22-12-10-21/h13-14,17H,3-12H2,1-2H3. The number of aryl methyl sites for hydroxylation is 1. The van der Waals surface area contributed by atoms with Crippen molar-refractivity contribution in [3.05, 3.63) is 23.4 Å². The topological polar surface area (TPSA) is 28.6 Å². The van der Waals surface area contributed by atoms with Gasteiger partial charge in [-0.05, 0) is 56.5 Å². The summed E-state index contributed by atoms with van der Waals surface area (Å²) in [5.41, 5.74) is 2.83. The molecule has 0 saturated carbocycles. The summed E-state index contributed by atoms with van der Waals surface area (Å²) in [6.07, 6.45) is 7.31. The number of rotatable bonds is 5. The molecule has 1 aromatic heterocycles. The first-order chi connectivity index (χ1) is 10.8. The summed E-state index contributed by atoms with van der Waals surface area (Å²) >= 11 is 0. The average Bonchev–Trinajstić information content (AvgIpc) is 3.02. The van der Waals surface area contributed by atoms with Crippen molar-refractivity contribution in [3.63, 3.8) is 0 Å². The van der Waals surface area contributed by atoms with Gasteiger partial charge in [-0.3, -0.25) is 4.90 Å². The normalized spacial score (nSPS) is 23.2. The first-order valence-corrected chi connectivity index (χ1v) is 8.83. The molecular formula is C18H29N3O. The lowest BCUT2D eigenvalue weighted by atomic mass is 10.0. The molecule has 2 saturated heterocycles. The fourth-order valence-electron chi connectivity index (χ4n) is 3.67. The van der Waals surface area contributed by atoms with E-state index >= 15 is 0 Å². The molecule has 0 aliphatic carbocycles. The van der Waals surface area contributed by atoms with Gasteiger partial charge in [0.05, 0.1) is 13.2 Å². The maximum Gasteiger partial charge on any atom is 0.128 e. The highest BCUT2D eigenvalue weighted by molar-refractivity contribution is 5.44. The zero-order valence-corrected chi connectivity index (χ0v) is 14.1. The number of nitrogens with zero attached hydrogens (tertiary/aromatic N) is 3. The van der Waals surface area contributed by atoms with Gasteiger partial charge >= 0.3 is 0 Å². The van der Waals surface area contributed by atoms with Crippen LogP contribution in [-0.4, -0.2) is 49.3 Å². The van der Waals surface area contributed by atoms with E-state index in [1.54, 1.807) is 0 Å². The predicted molar refractivity (Wildman–Crippen MR) is 90.5 cm³/mol. The second kappa shape index (κ2) is 7.42. The fourth-order valence-corrected chi connectivity index (χ4v) is 3.67. The Balaban J connectivity index is 1.73. The smallest absolute Gasteiger partial charge is 0.128 e. The van der Waals surface area contributed by atoms with Gasteiger partial charge in [-0.2, -0.15) is 0 Å². The van der Waals surface area contributed by atoms with E-state index in [0.29, 0.717) is 6.04 Å². The van der Waals surface area contributed by atoms with Gasteiger partial charge in [0, 0.05) is 25.3 Å². The Labute approximate surface area is 134 Å². The van der Waals surface area contributed by atoms with E-state index in [4.69, 9.17) is 9.72 Å². The van der Waals surface area contributed by atoms with Crippen molar-refractivity contribution in [2.45, 2.75) is 45.6 Å². The second-order valence-electron chi connectivity index (χ2n) is 6.55. The highest BCUT2D eigenvalue weighted by atomic mass is 16.5. The predicted octanol–water partition coefficient (Wildman–Crippen LogP) is 3.16. The Morgan fingerprint density at radius 1 is 1.27 bits per heavy atom. The number of morpholine rings is 1. The quantitative estimate of drug-likeness (QED) is 0.835. The summed E-state index contributed by atoms with van der Waals surface area (Å²) in [6, 6.07) is 2.86. The highest BCUT2D eigenvalue weighted by Gasteiger charge is 2.27. The minimum absolute atomic E-state index is 0.581. The molecular weight excluding hydrogens is 274 g/mol. The Kier molecular flexibility index (Phi) is 5.32. The minimum atomic E-state index is 0.581. The van der Waals surface area contributed by atoms with Gasteiger partial charge in [-0.1, -0.05) is 13.3 Å². The van der Waals surface area contributed by atoms with Crippen LogP contribution in [-0.2, 0) is 4.74 Å². The number of hydrogen-bond donors (Lipinski definition) is 0. The number of aromatic nitrogens is 1. The lowest BCUT2D eigenvalue weighted by molar-refractivity contribution is 0.122. The van der Waals surface area contributed by atoms with Gasteiger partial charge in [0.25, 0.3) is 0 Å². The van der Waals surface area contributed by atoms with Crippen molar-refractivity contribution in [2.24, 2.45) is 0 Å². The van der Waals surface area contributed by atoms with Gasteiger partial charge in [0.15, 0.2) is 0 Å². The Morgan fingerprint density at radius 2 is 2.09 bits per heavy atom. The van der Waals surface area contributed by atoms with Crippen LogP contribution in [0, 0.1) is 6.92 Å². The summed E-state index contributed by atoms with van der Waals surface area (Å²) < 4.78 is 5.43. The molecule has 0 spiro atoms. The van der Waals surface area contributed by atoms with Gasteiger partial charge in [0.2, 0.25) is 0 Å². The highest BCUT2D eigenvalue weighted by Crippen LogP contribution is 2.34. The van der Waals surface area contributed by atoms with Crippen molar-refractivity contribution in [3.8, 4) is 0 Å². The summed E-state index contributed by atoms with van der Waals surface area (Å²) in [6.45, 7) is 10.5. The number of pyridine rings is 1. The zero-order chi connectivity index (χ0) is 15.4. The molecule has 0 radical (unpaired) electrons. The maximum atomic E-state index is 5.43. The van der Waals surface area contributed by atoms with E-state index in [9.17, 15) is 0 Å². The summed E-state index contributed by atoms with van der Waals surface area (Å²) in [4.78, 5) is 9.76. The van der Waals surface area contributed by atoms with Gasteiger partial charge in [0.1, 0.15) is 5.82 Å². The molecule has 4 heteroatoms. The molecule has 1 aromatic rings. The molecule has 2 aliphatic rings. The first kappa shape index (κ1) is 15.8. The summed E-state index contributed by atoms with van der Waals surface area (Å²) in [5.74, 6) is 1.11. The molecule has 22 heavy (non-hydrogen) atoms. The van der Waals surface area contributed by atoms with Crippen molar-refractivity contribution < 1.29 is 4.74 Å². The van der Waals surface area contributed by atoms with Crippen LogP contribution >= 0.6 is 0 Å². The van der Waals surface area contributed by atoms with E-state index in [1.165, 1.54) is 49.9 Å². The molecule has 2 fully saturated rings. The number of unbranched alkanes of at least 4 members (excludes halogenated alkanes) is 1. The van der Waals surface area contributed by atoms with Crippen LogP contribution < -0.4 is 4.90 Å². The van der Waals surface area contributed by atoms with E-state index < -0.39 is 0 Å². The second-order valence-corrected chi connectivity index (χ2v) is 6.55. The molecule has 0 aromatic carbocycles. The lowest BCUT2D eigenvalue weighted by Crippen LogP contribution is -2.36.